The number of carboxylic acids is 1. The van der Waals surface area contributed by atoms with Crippen LogP contribution in [0, 0.1) is 5.92 Å². The molecule has 1 fully saturated rings. The van der Waals surface area contributed by atoms with E-state index in [1.165, 1.54) is 0 Å². The number of aliphatic carboxylic acids is 1. The number of thioether (sulfide) groups is 1. The number of nitrogens with one attached hydrogen (secondary N) is 1. The van der Waals surface area contributed by atoms with E-state index in [4.69, 9.17) is 4.74 Å². The fourth-order valence-corrected chi connectivity index (χ4v) is 3.48. The number of carbonyl (C=O) groups is 2. The number of alkyl carbamates (subject to hydrolysis) is 1. The fourth-order valence-electron chi connectivity index (χ4n) is 2.95. The molecule has 134 valence electrons. The number of rotatable bonds is 6. The molecule has 1 aliphatic rings. The predicted octanol–water partition coefficient (Wildman–Crippen LogP) is 2.43. The first-order valence-electron chi connectivity index (χ1n) is 8.03. The topological polar surface area (TPSA) is 78.9 Å². The Morgan fingerprint density at radius 2 is 1.87 bits per heavy atom. The molecule has 0 aliphatic carbocycles. The Morgan fingerprint density at radius 3 is 2.30 bits per heavy atom. The SMILES string of the molecule is CSCCC(NC(=O)OC(C)(C)C)(C(=O)O)C1CCN(C)CC1. The van der Waals surface area contributed by atoms with E-state index in [0.717, 1.165) is 25.9 Å². The molecule has 2 N–H and O–H groups in total. The van der Waals surface area contributed by atoms with Crippen LogP contribution in [0.5, 0.6) is 0 Å². The molecule has 7 heteroatoms. The minimum Gasteiger partial charge on any atom is -0.479 e. The number of amides is 1. The van der Waals surface area contributed by atoms with Gasteiger partial charge in [0, 0.05) is 0 Å². The molecular weight excluding hydrogens is 316 g/mol. The Hall–Kier alpha value is -0.950. The lowest BCUT2D eigenvalue weighted by atomic mass is 9.76. The van der Waals surface area contributed by atoms with E-state index in [0.29, 0.717) is 12.2 Å². The molecule has 23 heavy (non-hydrogen) atoms. The van der Waals surface area contributed by atoms with Crippen LogP contribution in [0.25, 0.3) is 0 Å². The first kappa shape index (κ1) is 20.1. The van der Waals surface area contributed by atoms with Gasteiger partial charge in [-0.25, -0.2) is 9.59 Å². The van der Waals surface area contributed by atoms with E-state index >= 15 is 0 Å². The van der Waals surface area contributed by atoms with Gasteiger partial charge in [-0.1, -0.05) is 0 Å². The molecule has 1 aliphatic heterocycles. The molecule has 1 unspecified atom stereocenters. The maximum atomic E-state index is 12.2. The van der Waals surface area contributed by atoms with Crippen molar-refractivity contribution in [2.24, 2.45) is 5.92 Å². The molecule has 0 aromatic carbocycles. The number of ether oxygens (including phenoxy) is 1. The maximum Gasteiger partial charge on any atom is 0.408 e. The second kappa shape index (κ2) is 8.24. The standard InChI is InChI=1S/C16H30N2O4S/c1-15(2,3)22-14(21)17-16(13(19)20,8-11-23-5)12-6-9-18(4)10-7-12/h12H,6-11H2,1-5H3,(H,17,21)(H,19,20). The number of carboxylic acid groups (broad SMARTS) is 1. The Balaban J connectivity index is 2.98. The zero-order valence-corrected chi connectivity index (χ0v) is 15.7. The minimum absolute atomic E-state index is 0.0872. The van der Waals surface area contributed by atoms with E-state index < -0.39 is 23.2 Å². The highest BCUT2D eigenvalue weighted by Gasteiger charge is 2.48. The molecule has 0 radical (unpaired) electrons. The van der Waals surface area contributed by atoms with Crippen LogP contribution in [0.15, 0.2) is 0 Å². The molecule has 1 atom stereocenters. The summed E-state index contributed by atoms with van der Waals surface area (Å²) < 4.78 is 5.30. The number of likely N-dealkylation sites (tertiary alicyclic amines) is 1. The molecule has 0 aromatic rings. The normalized spacial score (nSPS) is 19.9. The number of piperidine rings is 1. The van der Waals surface area contributed by atoms with E-state index in [9.17, 15) is 14.7 Å². The maximum absolute atomic E-state index is 12.2. The molecule has 0 saturated carbocycles. The lowest BCUT2D eigenvalue weighted by Crippen LogP contribution is -2.62. The van der Waals surface area contributed by atoms with Crippen molar-refractivity contribution in [3.8, 4) is 0 Å². The van der Waals surface area contributed by atoms with Crippen LogP contribution in [0.3, 0.4) is 0 Å². The fraction of sp³-hybridized carbons (Fsp3) is 0.875. The first-order valence-corrected chi connectivity index (χ1v) is 9.42. The third-order valence-corrected chi connectivity index (χ3v) is 4.83. The second-order valence-corrected chi connectivity index (χ2v) is 8.21. The van der Waals surface area contributed by atoms with Gasteiger partial charge in [0.05, 0.1) is 0 Å². The van der Waals surface area contributed by atoms with E-state index in [-0.39, 0.29) is 5.92 Å². The lowest BCUT2D eigenvalue weighted by molar-refractivity contribution is -0.148. The Bertz CT molecular complexity index is 417. The number of nitrogens with zero attached hydrogens (tertiary/aromatic N) is 1. The van der Waals surface area contributed by atoms with Gasteiger partial charge in [0.15, 0.2) is 0 Å². The summed E-state index contributed by atoms with van der Waals surface area (Å²) in [6, 6.07) is 0. The van der Waals surface area contributed by atoms with Crippen LogP contribution in [0.2, 0.25) is 0 Å². The van der Waals surface area contributed by atoms with Gasteiger partial charge in [0.25, 0.3) is 0 Å². The highest BCUT2D eigenvalue weighted by Crippen LogP contribution is 2.32. The molecule has 6 nitrogen and oxygen atoms in total. The van der Waals surface area contributed by atoms with Crippen LogP contribution in [-0.2, 0) is 9.53 Å². The Kier molecular flexibility index (Phi) is 7.20. The van der Waals surface area contributed by atoms with E-state index in [2.05, 4.69) is 10.2 Å². The smallest absolute Gasteiger partial charge is 0.408 e. The summed E-state index contributed by atoms with van der Waals surface area (Å²) in [5.74, 6) is -0.378. The molecule has 0 aromatic heterocycles. The minimum atomic E-state index is -1.26. The van der Waals surface area contributed by atoms with Gasteiger partial charge in [-0.05, 0) is 78.1 Å². The Morgan fingerprint density at radius 1 is 1.30 bits per heavy atom. The largest absolute Gasteiger partial charge is 0.479 e. The molecule has 1 saturated heterocycles. The second-order valence-electron chi connectivity index (χ2n) is 7.22. The van der Waals surface area contributed by atoms with Crippen molar-refractivity contribution in [1.29, 1.82) is 0 Å². The molecule has 1 rings (SSSR count). The lowest BCUT2D eigenvalue weighted by Gasteiger charge is -2.42. The van der Waals surface area contributed by atoms with Crippen molar-refractivity contribution in [3.63, 3.8) is 0 Å². The zero-order chi connectivity index (χ0) is 17.7. The van der Waals surface area contributed by atoms with Crippen molar-refractivity contribution in [2.45, 2.75) is 51.2 Å². The average Bonchev–Trinajstić information content (AvgIpc) is 2.42. The molecule has 1 amide bonds. The highest BCUT2D eigenvalue weighted by atomic mass is 32.2. The monoisotopic (exact) mass is 346 g/mol. The van der Waals surface area contributed by atoms with Crippen molar-refractivity contribution in [2.75, 3.05) is 32.1 Å². The third kappa shape index (κ3) is 5.88. The van der Waals surface area contributed by atoms with Crippen LogP contribution >= 0.6 is 11.8 Å². The zero-order valence-electron chi connectivity index (χ0n) is 14.8. The molecule has 1 heterocycles. The number of carbonyl (C=O) groups excluding carboxylic acids is 1. The summed E-state index contributed by atoms with van der Waals surface area (Å²) in [6.45, 7) is 7.00. The van der Waals surface area contributed by atoms with Crippen LogP contribution in [-0.4, -0.2) is 65.4 Å². The summed E-state index contributed by atoms with van der Waals surface area (Å²) in [7, 11) is 2.03. The van der Waals surface area contributed by atoms with Gasteiger partial charge in [-0.3, -0.25) is 0 Å². The predicted molar refractivity (Wildman–Crippen MR) is 93.0 cm³/mol. The van der Waals surface area contributed by atoms with Gasteiger partial charge in [-0.2, -0.15) is 11.8 Å². The number of hydrogen-bond donors (Lipinski definition) is 2. The van der Waals surface area contributed by atoms with E-state index in [1.807, 2.05) is 13.3 Å². The van der Waals surface area contributed by atoms with Gasteiger partial charge in [-0.15, -0.1) is 0 Å². The van der Waals surface area contributed by atoms with E-state index in [1.54, 1.807) is 32.5 Å². The summed E-state index contributed by atoms with van der Waals surface area (Å²) >= 11 is 1.58. The van der Waals surface area contributed by atoms with Crippen molar-refractivity contribution in [1.82, 2.24) is 10.2 Å². The summed E-state index contributed by atoms with van der Waals surface area (Å²) in [5.41, 5.74) is -1.91. The van der Waals surface area contributed by atoms with Crippen LogP contribution < -0.4 is 5.32 Å². The first-order chi connectivity index (χ1) is 10.6. The third-order valence-electron chi connectivity index (χ3n) is 4.22. The van der Waals surface area contributed by atoms with Crippen LogP contribution in [0.4, 0.5) is 4.79 Å². The van der Waals surface area contributed by atoms with Crippen molar-refractivity contribution < 1.29 is 19.4 Å². The Labute approximate surface area is 143 Å². The summed E-state index contributed by atoms with van der Waals surface area (Å²) in [6.07, 6.45) is 3.20. The molecular formula is C16H30N2O4S. The summed E-state index contributed by atoms with van der Waals surface area (Å²) in [4.78, 5) is 26.5. The van der Waals surface area contributed by atoms with Gasteiger partial charge < -0.3 is 20.1 Å². The molecule has 0 spiro atoms. The van der Waals surface area contributed by atoms with Gasteiger partial charge in [0.2, 0.25) is 0 Å². The quantitative estimate of drug-likeness (QED) is 0.769. The van der Waals surface area contributed by atoms with Gasteiger partial charge in [0.1, 0.15) is 11.1 Å². The number of hydrogen-bond acceptors (Lipinski definition) is 5. The van der Waals surface area contributed by atoms with Crippen molar-refractivity contribution >= 4 is 23.8 Å². The van der Waals surface area contributed by atoms with Crippen molar-refractivity contribution in [3.05, 3.63) is 0 Å². The van der Waals surface area contributed by atoms with Crippen LogP contribution in [0.1, 0.15) is 40.0 Å². The molecule has 0 bridgehead atoms. The highest BCUT2D eigenvalue weighted by molar-refractivity contribution is 7.98. The van der Waals surface area contributed by atoms with Gasteiger partial charge >= 0.3 is 12.1 Å². The average molecular weight is 346 g/mol. The summed E-state index contributed by atoms with van der Waals surface area (Å²) in [5, 5.41) is 12.6.